The van der Waals surface area contributed by atoms with Crippen LogP contribution in [0.3, 0.4) is 0 Å². The van der Waals surface area contributed by atoms with Gasteiger partial charge in [0.2, 0.25) is 0 Å². The molecule has 0 aromatic heterocycles. The molecule has 0 unspecified atom stereocenters. The minimum Gasteiger partial charge on any atom is -0.481 e. The number of aliphatic carboxylic acids is 4. The van der Waals surface area contributed by atoms with Crippen molar-refractivity contribution >= 4 is 23.9 Å². The summed E-state index contributed by atoms with van der Waals surface area (Å²) < 4.78 is 0. The molecule has 0 heterocycles. The lowest BCUT2D eigenvalue weighted by Crippen LogP contribution is -2.42. The van der Waals surface area contributed by atoms with Crippen LogP contribution in [0.5, 0.6) is 0 Å². The van der Waals surface area contributed by atoms with E-state index in [1.165, 1.54) is 83.5 Å². The Kier molecular flexibility index (Phi) is 31.4. The van der Waals surface area contributed by atoms with Gasteiger partial charge in [0, 0.05) is 6.42 Å². The molecule has 11 nitrogen and oxygen atoms in total. The zero-order chi connectivity index (χ0) is 31.2. The Morgan fingerprint density at radius 3 is 1.18 bits per heavy atom. The summed E-state index contributed by atoms with van der Waals surface area (Å²) in [5, 5.41) is 42.3. The SMILES string of the molecule is CCCCCCCCCCCCCCCCCC(=O)O.CN(C)CCCN.O=C(O)CC(O)(CC(=O)O)C(=O)O. The monoisotopic (exact) mass is 578 g/mol. The Balaban J connectivity index is -0.000000583. The maximum absolute atomic E-state index is 10.3. The number of nitrogens with zero attached hydrogens (tertiary/aromatic N) is 1. The first-order valence-electron chi connectivity index (χ1n) is 14.8. The van der Waals surface area contributed by atoms with Crippen molar-refractivity contribution in [1.82, 2.24) is 4.90 Å². The zero-order valence-electron chi connectivity index (χ0n) is 25.2. The Bertz CT molecular complexity index is 627. The van der Waals surface area contributed by atoms with Gasteiger partial charge in [-0.25, -0.2) is 4.79 Å². The highest BCUT2D eigenvalue weighted by Crippen LogP contribution is 2.16. The highest BCUT2D eigenvalue weighted by atomic mass is 16.4. The van der Waals surface area contributed by atoms with Crippen LogP contribution in [0.4, 0.5) is 0 Å². The van der Waals surface area contributed by atoms with E-state index in [0.29, 0.717) is 6.42 Å². The molecule has 0 bridgehead atoms. The lowest BCUT2D eigenvalue weighted by atomic mass is 9.96. The lowest BCUT2D eigenvalue weighted by molar-refractivity contribution is -0.170. The van der Waals surface area contributed by atoms with Crippen molar-refractivity contribution in [3.05, 3.63) is 0 Å². The van der Waals surface area contributed by atoms with Gasteiger partial charge in [0.1, 0.15) is 0 Å². The summed E-state index contributed by atoms with van der Waals surface area (Å²) in [6.45, 7) is 4.18. The molecule has 0 fully saturated rings. The number of hydrogen-bond acceptors (Lipinski definition) is 7. The largest absolute Gasteiger partial charge is 0.481 e. The van der Waals surface area contributed by atoms with Crippen LogP contribution < -0.4 is 5.73 Å². The van der Waals surface area contributed by atoms with E-state index in [0.717, 1.165) is 32.4 Å². The molecule has 0 aliphatic heterocycles. The van der Waals surface area contributed by atoms with Crippen LogP contribution in [0, 0.1) is 0 Å². The summed E-state index contributed by atoms with van der Waals surface area (Å²) in [4.78, 5) is 42.9. The minimum absolute atomic E-state index is 0.345. The third kappa shape index (κ3) is 35.8. The van der Waals surface area contributed by atoms with E-state index in [-0.39, 0.29) is 0 Å². The second-order valence-corrected chi connectivity index (χ2v) is 10.5. The molecule has 0 aromatic rings. The van der Waals surface area contributed by atoms with Gasteiger partial charge in [-0.15, -0.1) is 0 Å². The third-order valence-corrected chi connectivity index (χ3v) is 6.09. The van der Waals surface area contributed by atoms with E-state index in [9.17, 15) is 19.2 Å². The molecule has 11 heteroatoms. The van der Waals surface area contributed by atoms with Crippen molar-refractivity contribution in [3.8, 4) is 0 Å². The number of carboxylic acid groups (broad SMARTS) is 4. The summed E-state index contributed by atoms with van der Waals surface area (Å²) in [7, 11) is 4.10. The lowest BCUT2D eigenvalue weighted by Gasteiger charge is -2.18. The highest BCUT2D eigenvalue weighted by Gasteiger charge is 2.40. The predicted molar refractivity (Wildman–Crippen MR) is 156 cm³/mol. The molecular weight excluding hydrogens is 520 g/mol. The van der Waals surface area contributed by atoms with Gasteiger partial charge in [-0.1, -0.05) is 96.8 Å². The van der Waals surface area contributed by atoms with E-state index >= 15 is 0 Å². The predicted octanol–water partition coefficient (Wildman–Crippen LogP) is 4.98. The normalized spacial score (nSPS) is 10.8. The molecule has 238 valence electrons. The van der Waals surface area contributed by atoms with Gasteiger partial charge in [0.15, 0.2) is 5.60 Å². The van der Waals surface area contributed by atoms with Crippen molar-refractivity contribution in [2.75, 3.05) is 27.2 Å². The summed E-state index contributed by atoms with van der Waals surface area (Å²) in [5.41, 5.74) is 2.51. The summed E-state index contributed by atoms with van der Waals surface area (Å²) in [6, 6.07) is 0. The van der Waals surface area contributed by atoms with Crippen LogP contribution in [0.1, 0.15) is 129 Å². The molecule has 0 aliphatic carbocycles. The number of hydrogen-bond donors (Lipinski definition) is 6. The molecule has 0 saturated carbocycles. The van der Waals surface area contributed by atoms with Crippen molar-refractivity contribution in [1.29, 1.82) is 0 Å². The molecule has 0 amide bonds. The van der Waals surface area contributed by atoms with Crippen LogP contribution in [0.2, 0.25) is 0 Å². The molecule has 0 aliphatic rings. The maximum atomic E-state index is 10.3. The topological polar surface area (TPSA) is 199 Å². The summed E-state index contributed by atoms with van der Waals surface area (Å²) in [5.74, 6) is -5.67. The molecule has 0 saturated heterocycles. The fourth-order valence-electron chi connectivity index (χ4n) is 3.77. The van der Waals surface area contributed by atoms with Crippen LogP contribution in [-0.4, -0.2) is 87.1 Å². The molecule has 0 rings (SSSR count). The van der Waals surface area contributed by atoms with E-state index < -0.39 is 42.3 Å². The van der Waals surface area contributed by atoms with Gasteiger partial charge < -0.3 is 36.2 Å². The van der Waals surface area contributed by atoms with Crippen LogP contribution in [0.15, 0.2) is 0 Å². The van der Waals surface area contributed by atoms with Gasteiger partial charge in [-0.05, 0) is 40.0 Å². The van der Waals surface area contributed by atoms with E-state index in [1.54, 1.807) is 0 Å². The van der Waals surface area contributed by atoms with E-state index in [2.05, 4.69) is 25.9 Å². The molecule has 0 spiro atoms. The average Bonchev–Trinajstić information content (AvgIpc) is 2.84. The van der Waals surface area contributed by atoms with Crippen LogP contribution in [0.25, 0.3) is 0 Å². The summed E-state index contributed by atoms with van der Waals surface area (Å²) in [6.07, 6.45) is 19.0. The van der Waals surface area contributed by atoms with Crippen LogP contribution >= 0.6 is 0 Å². The van der Waals surface area contributed by atoms with Crippen molar-refractivity contribution < 1.29 is 44.7 Å². The van der Waals surface area contributed by atoms with Crippen LogP contribution in [-0.2, 0) is 19.2 Å². The number of rotatable bonds is 24. The fraction of sp³-hybridized carbons (Fsp3) is 0.862. The van der Waals surface area contributed by atoms with Gasteiger partial charge in [0.25, 0.3) is 0 Å². The Morgan fingerprint density at radius 2 is 0.950 bits per heavy atom. The van der Waals surface area contributed by atoms with Crippen molar-refractivity contribution in [3.63, 3.8) is 0 Å². The van der Waals surface area contributed by atoms with Gasteiger partial charge in [0.05, 0.1) is 12.8 Å². The van der Waals surface area contributed by atoms with Gasteiger partial charge in [-0.2, -0.15) is 0 Å². The number of carboxylic acids is 4. The fourth-order valence-corrected chi connectivity index (χ4v) is 3.77. The zero-order valence-corrected chi connectivity index (χ0v) is 25.2. The van der Waals surface area contributed by atoms with E-state index in [4.69, 9.17) is 31.3 Å². The molecule has 40 heavy (non-hydrogen) atoms. The van der Waals surface area contributed by atoms with Gasteiger partial charge in [-0.3, -0.25) is 14.4 Å². The van der Waals surface area contributed by atoms with E-state index in [1.807, 2.05) is 0 Å². The summed E-state index contributed by atoms with van der Waals surface area (Å²) >= 11 is 0. The highest BCUT2D eigenvalue weighted by molar-refractivity contribution is 5.88. The Morgan fingerprint density at radius 1 is 0.600 bits per heavy atom. The first-order valence-corrected chi connectivity index (χ1v) is 14.8. The van der Waals surface area contributed by atoms with Crippen molar-refractivity contribution in [2.24, 2.45) is 5.73 Å². The smallest absolute Gasteiger partial charge is 0.336 e. The number of nitrogens with two attached hydrogens (primary N) is 1. The number of carbonyl (C=O) groups is 4. The van der Waals surface area contributed by atoms with Crippen molar-refractivity contribution in [2.45, 2.75) is 135 Å². The molecule has 7 N–H and O–H groups in total. The first-order chi connectivity index (χ1) is 18.8. The Hall–Kier alpha value is -2.24. The molecule has 0 aromatic carbocycles. The minimum atomic E-state index is -2.74. The molecule has 0 atom stereocenters. The van der Waals surface area contributed by atoms with Gasteiger partial charge >= 0.3 is 23.9 Å². The number of unbranched alkanes of at least 4 members (excludes halogenated alkanes) is 14. The quantitative estimate of drug-likeness (QED) is 0.0844. The second kappa shape index (κ2) is 29.7. The molecule has 0 radical (unpaired) electrons. The second-order valence-electron chi connectivity index (χ2n) is 10.5. The average molecular weight is 579 g/mol. The third-order valence-electron chi connectivity index (χ3n) is 6.09. The standard InChI is InChI=1S/C18H36O2.C6H8O7.C5H14N2/c1-2-3-4-5-6-7-8-9-10-11-12-13-14-15-16-17-18(19)20;7-3(8)1-6(13,5(11)12)2-4(9)10;1-7(2)5-3-4-6/h2-17H2,1H3,(H,19,20);13H,1-2H2,(H,7,8)(H,9,10)(H,11,12);3-6H2,1-2H3. The molecular formula is C29H58N2O9. The number of aliphatic hydroxyl groups is 1. The first kappa shape index (κ1) is 42.2. The Labute approximate surface area is 241 Å². The maximum Gasteiger partial charge on any atom is 0.336 e.